The lowest BCUT2D eigenvalue weighted by atomic mass is 9.91. The number of rotatable bonds is 3. The van der Waals surface area contributed by atoms with Gasteiger partial charge in [-0.05, 0) is 30.2 Å². The average Bonchev–Trinajstić information content (AvgIpc) is 2.86. The van der Waals surface area contributed by atoms with E-state index in [2.05, 4.69) is 47.5 Å². The van der Waals surface area contributed by atoms with Crippen molar-refractivity contribution in [2.45, 2.75) is 46.1 Å². The highest BCUT2D eigenvalue weighted by atomic mass is 32.1. The molecule has 0 aliphatic heterocycles. The Bertz CT molecular complexity index is 587. The highest BCUT2D eigenvalue weighted by molar-refractivity contribution is 7.71. The van der Waals surface area contributed by atoms with Crippen LogP contribution in [0.2, 0.25) is 0 Å². The van der Waals surface area contributed by atoms with Gasteiger partial charge in [0.2, 0.25) is 0 Å². The number of hydrogen-bond acceptors (Lipinski definition) is 5. The lowest BCUT2D eigenvalue weighted by molar-refractivity contribution is 0.566. The van der Waals surface area contributed by atoms with E-state index in [0.29, 0.717) is 4.77 Å². The summed E-state index contributed by atoms with van der Waals surface area (Å²) in [6, 6.07) is 0. The molecule has 0 saturated heterocycles. The zero-order valence-electron chi connectivity index (χ0n) is 11.0. The van der Waals surface area contributed by atoms with Crippen LogP contribution in [0, 0.1) is 4.77 Å². The van der Waals surface area contributed by atoms with Gasteiger partial charge in [0.1, 0.15) is 4.88 Å². The van der Waals surface area contributed by atoms with E-state index in [0.717, 1.165) is 29.4 Å². The summed E-state index contributed by atoms with van der Waals surface area (Å²) in [5, 5.41) is 11.4. The zero-order valence-corrected chi connectivity index (χ0v) is 12.7. The summed E-state index contributed by atoms with van der Waals surface area (Å²) in [6.45, 7) is 9.34. The van der Waals surface area contributed by atoms with Crippen LogP contribution in [0.3, 0.4) is 0 Å². The Morgan fingerprint density at radius 3 is 2.72 bits per heavy atom. The van der Waals surface area contributed by atoms with Crippen molar-refractivity contribution in [3.05, 3.63) is 10.5 Å². The first-order chi connectivity index (χ1) is 8.45. The molecule has 2 rings (SSSR count). The van der Waals surface area contributed by atoms with Crippen molar-refractivity contribution in [3.63, 3.8) is 0 Å². The van der Waals surface area contributed by atoms with Gasteiger partial charge in [-0.1, -0.05) is 32.2 Å². The first kappa shape index (κ1) is 13.4. The minimum Gasteiger partial charge on any atom is -0.299 e. The normalized spacial score (nSPS) is 12.0. The van der Waals surface area contributed by atoms with Crippen molar-refractivity contribution in [3.8, 4) is 10.7 Å². The van der Waals surface area contributed by atoms with Crippen LogP contribution in [0.1, 0.15) is 39.8 Å². The van der Waals surface area contributed by atoms with Crippen LogP contribution >= 0.6 is 23.8 Å². The van der Waals surface area contributed by atoms with Crippen LogP contribution in [0.15, 0.2) is 0 Å². The minimum atomic E-state index is -0.0487. The topological polar surface area (TPSA) is 59.4 Å². The van der Waals surface area contributed by atoms with E-state index in [1.165, 1.54) is 11.5 Å². The smallest absolute Gasteiger partial charge is 0.195 e. The molecule has 18 heavy (non-hydrogen) atoms. The second-order valence-electron chi connectivity index (χ2n) is 5.20. The fraction of sp³-hybridized carbons (Fsp3) is 0.636. The third-order valence-electron chi connectivity index (χ3n) is 2.61. The number of aromatic amines is 1. The van der Waals surface area contributed by atoms with Crippen LogP contribution in [0.4, 0.5) is 0 Å². The van der Waals surface area contributed by atoms with E-state index in [-0.39, 0.29) is 5.41 Å². The molecule has 1 N–H and O–H groups in total. The molecule has 0 aliphatic rings. The second-order valence-corrected chi connectivity index (χ2v) is 6.35. The maximum absolute atomic E-state index is 5.26. The molecule has 0 bridgehead atoms. The molecule has 0 unspecified atom stereocenters. The maximum atomic E-state index is 5.26. The summed E-state index contributed by atoms with van der Waals surface area (Å²) in [6.07, 6.45) is 1.01. The molecule has 98 valence electrons. The Hall–Kier alpha value is -1.08. The minimum absolute atomic E-state index is 0.0487. The molecule has 5 nitrogen and oxygen atoms in total. The largest absolute Gasteiger partial charge is 0.299 e. The van der Waals surface area contributed by atoms with Crippen molar-refractivity contribution in [2.75, 3.05) is 0 Å². The summed E-state index contributed by atoms with van der Waals surface area (Å²) < 4.78 is 6.73. The molecule has 2 aromatic rings. The van der Waals surface area contributed by atoms with Gasteiger partial charge in [-0.15, -0.1) is 5.10 Å². The van der Waals surface area contributed by atoms with Gasteiger partial charge in [0.15, 0.2) is 10.6 Å². The van der Waals surface area contributed by atoms with Crippen LogP contribution in [-0.2, 0) is 12.0 Å². The molecular formula is C11H17N5S2. The van der Waals surface area contributed by atoms with Crippen LogP contribution < -0.4 is 0 Å². The standard InChI is InChI=1S/C11H17N5S2/c1-5-6-16-9(13-14-10(16)17)7-8(11(2,3)4)12-15-18-7/h5-6H2,1-4H3,(H,14,17). The summed E-state index contributed by atoms with van der Waals surface area (Å²) >= 11 is 6.63. The van der Waals surface area contributed by atoms with E-state index in [1.807, 2.05) is 4.57 Å². The van der Waals surface area contributed by atoms with Crippen molar-refractivity contribution < 1.29 is 0 Å². The van der Waals surface area contributed by atoms with Gasteiger partial charge < -0.3 is 0 Å². The Morgan fingerprint density at radius 1 is 1.39 bits per heavy atom. The Labute approximate surface area is 115 Å². The van der Waals surface area contributed by atoms with E-state index in [1.54, 1.807) is 0 Å². The number of hydrogen-bond donors (Lipinski definition) is 1. The Balaban J connectivity index is 2.57. The van der Waals surface area contributed by atoms with E-state index in [4.69, 9.17) is 12.2 Å². The lowest BCUT2D eigenvalue weighted by Crippen LogP contribution is -2.14. The first-order valence-corrected chi connectivity index (χ1v) is 7.11. The molecule has 0 aromatic carbocycles. The molecule has 0 spiro atoms. The van der Waals surface area contributed by atoms with Gasteiger partial charge >= 0.3 is 0 Å². The maximum Gasteiger partial charge on any atom is 0.195 e. The predicted octanol–water partition coefficient (Wildman–Crippen LogP) is 3.17. The van der Waals surface area contributed by atoms with E-state index < -0.39 is 0 Å². The molecule has 0 fully saturated rings. The lowest BCUT2D eigenvalue weighted by Gasteiger charge is -2.16. The summed E-state index contributed by atoms with van der Waals surface area (Å²) in [7, 11) is 0. The summed E-state index contributed by atoms with van der Waals surface area (Å²) in [4.78, 5) is 1.00. The predicted molar refractivity (Wildman–Crippen MR) is 75.3 cm³/mol. The quantitative estimate of drug-likeness (QED) is 0.879. The van der Waals surface area contributed by atoms with Gasteiger partial charge in [0, 0.05) is 12.0 Å². The second kappa shape index (κ2) is 4.89. The van der Waals surface area contributed by atoms with Crippen LogP contribution in [0.25, 0.3) is 10.7 Å². The highest BCUT2D eigenvalue weighted by Gasteiger charge is 2.25. The summed E-state index contributed by atoms with van der Waals surface area (Å²) in [5.74, 6) is 0.849. The van der Waals surface area contributed by atoms with Crippen molar-refractivity contribution in [1.82, 2.24) is 24.4 Å². The number of nitrogens with zero attached hydrogens (tertiary/aromatic N) is 4. The molecular weight excluding hydrogens is 266 g/mol. The van der Waals surface area contributed by atoms with Gasteiger partial charge in [-0.25, -0.2) is 0 Å². The molecule has 7 heteroatoms. The third-order valence-corrected chi connectivity index (χ3v) is 3.64. The number of H-pyrrole nitrogens is 1. The van der Waals surface area contributed by atoms with Gasteiger partial charge in [0.25, 0.3) is 0 Å². The third kappa shape index (κ3) is 2.37. The highest BCUT2D eigenvalue weighted by Crippen LogP contribution is 2.32. The van der Waals surface area contributed by atoms with Crippen molar-refractivity contribution in [1.29, 1.82) is 0 Å². The molecule has 0 amide bonds. The fourth-order valence-electron chi connectivity index (χ4n) is 1.75. The van der Waals surface area contributed by atoms with Gasteiger partial charge in [-0.2, -0.15) is 5.10 Å². The molecule has 0 saturated carbocycles. The SMILES string of the molecule is CCCn1c(-c2snnc2C(C)(C)C)n[nH]c1=S. The zero-order chi connectivity index (χ0) is 13.3. The van der Waals surface area contributed by atoms with Crippen LogP contribution in [-0.4, -0.2) is 24.4 Å². The molecule has 0 radical (unpaired) electrons. The monoisotopic (exact) mass is 283 g/mol. The fourth-order valence-corrected chi connectivity index (χ4v) is 2.85. The molecule has 2 heterocycles. The first-order valence-electron chi connectivity index (χ1n) is 5.93. The van der Waals surface area contributed by atoms with Crippen LogP contribution in [0.5, 0.6) is 0 Å². The molecule has 2 aromatic heterocycles. The summed E-state index contributed by atoms with van der Waals surface area (Å²) in [5.41, 5.74) is 0.922. The Morgan fingerprint density at radius 2 is 2.11 bits per heavy atom. The van der Waals surface area contributed by atoms with E-state index >= 15 is 0 Å². The number of nitrogens with one attached hydrogen (secondary N) is 1. The molecule has 0 atom stereocenters. The van der Waals surface area contributed by atoms with Crippen molar-refractivity contribution in [2.24, 2.45) is 0 Å². The van der Waals surface area contributed by atoms with Gasteiger partial charge in [-0.3, -0.25) is 9.67 Å². The van der Waals surface area contributed by atoms with Crippen molar-refractivity contribution >= 4 is 23.8 Å². The molecule has 0 aliphatic carbocycles. The Kier molecular flexibility index (Phi) is 3.63. The number of aromatic nitrogens is 5. The van der Waals surface area contributed by atoms with Gasteiger partial charge in [0.05, 0.1) is 5.69 Å². The van der Waals surface area contributed by atoms with E-state index in [9.17, 15) is 0 Å². The average molecular weight is 283 g/mol.